The quantitative estimate of drug-likeness (QED) is 0.863. The highest BCUT2D eigenvalue weighted by Gasteiger charge is 2.19. The van der Waals surface area contributed by atoms with E-state index in [4.69, 9.17) is 0 Å². The molecule has 0 saturated carbocycles. The molecule has 1 rings (SSSR count). The molecule has 5 heteroatoms. The van der Waals surface area contributed by atoms with Gasteiger partial charge in [-0.3, -0.25) is 4.79 Å². The van der Waals surface area contributed by atoms with E-state index in [9.17, 15) is 4.79 Å². The van der Waals surface area contributed by atoms with E-state index in [0.717, 1.165) is 5.69 Å². The van der Waals surface area contributed by atoms with Gasteiger partial charge in [0, 0.05) is 5.38 Å². The average Bonchev–Trinajstić information content (AvgIpc) is 2.49. The number of hydrogen-bond donors (Lipinski definition) is 1. The van der Waals surface area contributed by atoms with Crippen molar-refractivity contribution in [1.82, 2.24) is 4.98 Å². The summed E-state index contributed by atoms with van der Waals surface area (Å²) in [5, 5.41) is 5.34. The van der Waals surface area contributed by atoms with E-state index in [-0.39, 0.29) is 16.7 Å². The van der Waals surface area contributed by atoms with Crippen LogP contribution in [0, 0.1) is 12.8 Å². The Labute approximate surface area is 96.1 Å². The van der Waals surface area contributed by atoms with Gasteiger partial charge in [0.15, 0.2) is 5.13 Å². The first-order valence-electron chi connectivity index (χ1n) is 4.37. The maximum atomic E-state index is 11.6. The number of aryl methyl sites for hydroxylation is 1. The Morgan fingerprint density at radius 1 is 1.64 bits per heavy atom. The molecule has 78 valence electrons. The molecule has 1 heterocycles. The van der Waals surface area contributed by atoms with Gasteiger partial charge >= 0.3 is 0 Å². The number of halogens is 1. The van der Waals surface area contributed by atoms with Crippen LogP contribution in [-0.4, -0.2) is 15.7 Å². The van der Waals surface area contributed by atoms with Crippen molar-refractivity contribution in [2.75, 3.05) is 5.32 Å². The van der Waals surface area contributed by atoms with E-state index in [1.54, 1.807) is 0 Å². The zero-order valence-electron chi connectivity index (χ0n) is 8.37. The molecule has 0 radical (unpaired) electrons. The predicted molar refractivity (Wildman–Crippen MR) is 63.0 cm³/mol. The lowest BCUT2D eigenvalue weighted by atomic mass is 10.1. The normalized spacial score (nSPS) is 12.9. The highest BCUT2D eigenvalue weighted by Crippen LogP contribution is 2.18. The summed E-state index contributed by atoms with van der Waals surface area (Å²) in [5.41, 5.74) is 0.931. The number of nitrogens with one attached hydrogen (secondary N) is 1. The summed E-state index contributed by atoms with van der Waals surface area (Å²) >= 11 is 4.78. The van der Waals surface area contributed by atoms with Crippen molar-refractivity contribution in [3.63, 3.8) is 0 Å². The fourth-order valence-electron chi connectivity index (χ4n) is 0.888. The van der Waals surface area contributed by atoms with Crippen molar-refractivity contribution in [3.8, 4) is 0 Å². The molecule has 1 amide bonds. The second-order valence-corrected chi connectivity index (χ2v) is 5.27. The molecule has 1 aromatic rings. The van der Waals surface area contributed by atoms with Crippen LogP contribution in [-0.2, 0) is 4.79 Å². The Balaban J connectivity index is 2.57. The van der Waals surface area contributed by atoms with Crippen LogP contribution in [0.5, 0.6) is 0 Å². The van der Waals surface area contributed by atoms with Gasteiger partial charge in [-0.15, -0.1) is 11.3 Å². The lowest BCUT2D eigenvalue weighted by Crippen LogP contribution is -2.26. The molecule has 14 heavy (non-hydrogen) atoms. The Bertz CT molecular complexity index is 324. The van der Waals surface area contributed by atoms with E-state index in [0.29, 0.717) is 5.13 Å². The summed E-state index contributed by atoms with van der Waals surface area (Å²) in [7, 11) is 0. The number of anilines is 1. The van der Waals surface area contributed by atoms with Crippen LogP contribution in [0.3, 0.4) is 0 Å². The summed E-state index contributed by atoms with van der Waals surface area (Å²) in [4.78, 5) is 15.6. The van der Waals surface area contributed by atoms with Crippen LogP contribution in [0.4, 0.5) is 5.13 Å². The fourth-order valence-corrected chi connectivity index (χ4v) is 1.69. The molecule has 1 unspecified atom stereocenters. The molecule has 0 saturated heterocycles. The number of carbonyl (C=O) groups excluding carboxylic acids is 1. The van der Waals surface area contributed by atoms with Crippen LogP contribution in [0.25, 0.3) is 0 Å². The van der Waals surface area contributed by atoms with E-state index >= 15 is 0 Å². The molecule has 0 aliphatic rings. The molecule has 3 nitrogen and oxygen atoms in total. The number of amides is 1. The maximum Gasteiger partial charge on any atom is 0.240 e. The topological polar surface area (TPSA) is 42.0 Å². The summed E-state index contributed by atoms with van der Waals surface area (Å²) in [6.45, 7) is 5.89. The molecule has 0 aromatic carbocycles. The van der Waals surface area contributed by atoms with Crippen LogP contribution in [0.2, 0.25) is 0 Å². The maximum absolute atomic E-state index is 11.6. The minimum Gasteiger partial charge on any atom is -0.301 e. The van der Waals surface area contributed by atoms with Crippen molar-refractivity contribution in [3.05, 3.63) is 11.1 Å². The van der Waals surface area contributed by atoms with Crippen LogP contribution in [0.1, 0.15) is 19.5 Å². The number of nitrogens with zero attached hydrogens (tertiary/aromatic N) is 1. The molecular formula is C9H13BrN2OS. The van der Waals surface area contributed by atoms with Gasteiger partial charge in [0.2, 0.25) is 5.91 Å². The van der Waals surface area contributed by atoms with Gasteiger partial charge in [-0.2, -0.15) is 0 Å². The van der Waals surface area contributed by atoms with Gasteiger partial charge in [-0.25, -0.2) is 4.98 Å². The Morgan fingerprint density at radius 2 is 2.29 bits per heavy atom. The second kappa shape index (κ2) is 4.89. The first kappa shape index (κ1) is 11.7. The minimum atomic E-state index is -0.160. The Morgan fingerprint density at radius 3 is 2.71 bits per heavy atom. The largest absolute Gasteiger partial charge is 0.301 e. The number of thiazole rings is 1. The van der Waals surface area contributed by atoms with E-state index in [2.05, 4.69) is 26.2 Å². The van der Waals surface area contributed by atoms with E-state index < -0.39 is 0 Å². The van der Waals surface area contributed by atoms with E-state index in [1.807, 2.05) is 26.2 Å². The third kappa shape index (κ3) is 3.06. The highest BCUT2D eigenvalue weighted by molar-refractivity contribution is 9.10. The molecule has 0 aliphatic carbocycles. The summed E-state index contributed by atoms with van der Waals surface area (Å²) in [5.74, 6) is 0.241. The zero-order valence-corrected chi connectivity index (χ0v) is 10.8. The third-order valence-corrected chi connectivity index (χ3v) is 4.03. The van der Waals surface area contributed by atoms with Crippen LogP contribution in [0.15, 0.2) is 5.38 Å². The number of aromatic nitrogens is 1. The first-order valence-corrected chi connectivity index (χ1v) is 6.17. The number of rotatable bonds is 3. The second-order valence-electron chi connectivity index (χ2n) is 3.43. The summed E-state index contributed by atoms with van der Waals surface area (Å²) in [6.07, 6.45) is 0. The molecular weight excluding hydrogens is 264 g/mol. The molecule has 0 bridgehead atoms. The van der Waals surface area contributed by atoms with Crippen molar-refractivity contribution in [2.24, 2.45) is 5.92 Å². The monoisotopic (exact) mass is 276 g/mol. The van der Waals surface area contributed by atoms with Gasteiger partial charge in [0.05, 0.1) is 10.5 Å². The highest BCUT2D eigenvalue weighted by atomic mass is 79.9. The molecule has 0 spiro atoms. The predicted octanol–water partition coefficient (Wildman–Crippen LogP) is 2.81. The SMILES string of the molecule is Cc1csc(NC(=O)C(Br)C(C)C)n1. The number of alkyl halides is 1. The van der Waals surface area contributed by atoms with Crippen LogP contribution < -0.4 is 5.32 Å². The fraction of sp³-hybridized carbons (Fsp3) is 0.556. The first-order chi connectivity index (χ1) is 6.50. The average molecular weight is 277 g/mol. The Kier molecular flexibility index (Phi) is 4.07. The van der Waals surface area contributed by atoms with Crippen LogP contribution >= 0.6 is 27.3 Å². The van der Waals surface area contributed by atoms with Gasteiger partial charge < -0.3 is 5.32 Å². The third-order valence-electron chi connectivity index (χ3n) is 1.68. The number of carbonyl (C=O) groups is 1. The molecule has 1 N–H and O–H groups in total. The van der Waals surface area contributed by atoms with Gasteiger partial charge in [-0.05, 0) is 12.8 Å². The van der Waals surface area contributed by atoms with Crippen molar-refractivity contribution < 1.29 is 4.79 Å². The van der Waals surface area contributed by atoms with Crippen molar-refractivity contribution in [2.45, 2.75) is 25.6 Å². The minimum absolute atomic E-state index is 0.0330. The lowest BCUT2D eigenvalue weighted by molar-refractivity contribution is -0.116. The standard InChI is InChI=1S/C9H13BrN2OS/c1-5(2)7(10)8(13)12-9-11-6(3)4-14-9/h4-5,7H,1-3H3,(H,11,12,13). The van der Waals surface area contributed by atoms with Gasteiger partial charge in [-0.1, -0.05) is 29.8 Å². The zero-order chi connectivity index (χ0) is 10.7. The smallest absolute Gasteiger partial charge is 0.240 e. The summed E-state index contributed by atoms with van der Waals surface area (Å²) < 4.78 is 0. The van der Waals surface area contributed by atoms with E-state index in [1.165, 1.54) is 11.3 Å². The summed E-state index contributed by atoms with van der Waals surface area (Å²) in [6, 6.07) is 0. The molecule has 1 aromatic heterocycles. The van der Waals surface area contributed by atoms with Gasteiger partial charge in [0.25, 0.3) is 0 Å². The number of hydrogen-bond acceptors (Lipinski definition) is 3. The van der Waals surface area contributed by atoms with Crippen molar-refractivity contribution >= 4 is 38.3 Å². The molecule has 1 atom stereocenters. The Hall–Kier alpha value is -0.420. The van der Waals surface area contributed by atoms with Gasteiger partial charge in [0.1, 0.15) is 0 Å². The molecule has 0 aliphatic heterocycles. The van der Waals surface area contributed by atoms with Crippen molar-refractivity contribution in [1.29, 1.82) is 0 Å². The molecule has 0 fully saturated rings. The lowest BCUT2D eigenvalue weighted by Gasteiger charge is -2.11.